The summed E-state index contributed by atoms with van der Waals surface area (Å²) in [4.78, 5) is 193. The Morgan fingerprint density at radius 2 is 1.47 bits per heavy atom. The molecule has 1 aliphatic carbocycles. The summed E-state index contributed by atoms with van der Waals surface area (Å²) >= 11 is 5.09. The molecule has 11 rings (SSSR count). The maximum absolute atomic E-state index is 15.5. The Labute approximate surface area is 715 Å². The Hall–Kier alpha value is -9.34. The lowest BCUT2D eigenvalue weighted by atomic mass is 9.80. The number of cyclic esters (lactones) is 1. The van der Waals surface area contributed by atoms with Crippen molar-refractivity contribution in [3.05, 3.63) is 123 Å². The lowest BCUT2D eigenvalue weighted by Crippen LogP contribution is -2.58. The number of esters is 1. The number of aromatic nitrogens is 5. The predicted octanol–water partition coefficient (Wildman–Crippen LogP) is -1.47. The molecule has 6 aliphatic rings. The number of primary amides is 1. The van der Waals surface area contributed by atoms with Crippen LogP contribution in [0.3, 0.4) is 0 Å². The number of amides is 10. The van der Waals surface area contributed by atoms with E-state index in [1.54, 1.807) is 20.8 Å². The van der Waals surface area contributed by atoms with Crippen molar-refractivity contribution >= 4 is 151 Å². The zero-order valence-electron chi connectivity index (χ0n) is 66.7. The summed E-state index contributed by atoms with van der Waals surface area (Å²) in [6, 6.07) is -13.2. The summed E-state index contributed by atoms with van der Waals surface area (Å²) in [5, 5.41) is 132. The topological polar surface area (TPSA) is 624 Å². The fourth-order valence-corrected chi connectivity index (χ4v) is 19.7. The highest BCUT2D eigenvalue weighted by Gasteiger charge is 2.52. The van der Waals surface area contributed by atoms with Crippen molar-refractivity contribution in [1.29, 1.82) is 0 Å². The fourth-order valence-electron chi connectivity index (χ4n) is 13.6. The van der Waals surface area contributed by atoms with Crippen LogP contribution in [0, 0.1) is 5.92 Å². The molecular weight excluding hydrogens is 1700 g/mol. The van der Waals surface area contributed by atoms with Gasteiger partial charge in [0.15, 0.2) is 0 Å². The first-order valence-electron chi connectivity index (χ1n) is 38.3. The van der Waals surface area contributed by atoms with Gasteiger partial charge < -0.3 is 109 Å². The molecule has 13 bridgehead atoms. The number of carbonyl (C=O) groups is 11. The van der Waals surface area contributed by atoms with Crippen LogP contribution in [0.1, 0.15) is 203 Å². The number of aliphatic hydroxyl groups is 9. The first-order chi connectivity index (χ1) is 57.2. The highest BCUT2D eigenvalue weighted by atomic mass is 32.2. The average Bonchev–Trinajstić information content (AvgIpc) is 1.67. The molecular formula is C75H94N18O22S6. The van der Waals surface area contributed by atoms with Gasteiger partial charge in [-0.1, -0.05) is 45.1 Å². The fraction of sp³-hybridized carbons (Fsp3) is 0.520. The standard InChI is InChI=1S/C75H94N18O22S6/c1-12-26(3)47-65(110)79-28(5)59(104)77-27(4)58(103)78-29(6)60(105)93-75-17-16-38(68-87-42(22-117-68)61(106)84-41(57(76)102)21-120-72-54(101)53(100)52(99)46(19-94)115-72)82-55(75)40-20-118-69(85-40)49(32(9)114-71(112)39-18-35(30(7)95)34-14-15-37(80-47)51(98)50(34)81-39)91-62(107)43-24-119-70(88-43)56(74(11,113)33(10)97)92-64(109)44-23-116-67(86-44)36(13-2)83-66(111)48(31(8)96)90-63(108)45-25-121-73(75)89-45/h13-15,18,20,22,24-26,28-33,37,41,44,46-49,51-56,72,80,94-101,113H,4,12,16-17,19,21,23H2,1-3,5-11H3,(H2,76,102)(H,77,104)(H,78,103)(H,79,110)(H,83,111)(H,84,106)(H,90,108)(H,91,107)(H,92,109)(H,93,105)/b36-13-/t26-,28-,29-,30-,31+,32+,33+,37?,41?,44-,46?,47-,48-,49-,51-,52?,53?,54?,55+,56+,72?,74+,75?/m0/s1. The van der Waals surface area contributed by atoms with Gasteiger partial charge in [-0.15, -0.1) is 68.9 Å². The molecule has 10 heterocycles. The summed E-state index contributed by atoms with van der Waals surface area (Å²) in [5.74, 6) is -11.6. The summed E-state index contributed by atoms with van der Waals surface area (Å²) in [6.07, 6.45) is -9.82. The van der Waals surface area contributed by atoms with E-state index < -0.39 is 227 Å². The first kappa shape index (κ1) is 92.4. The summed E-state index contributed by atoms with van der Waals surface area (Å²) in [6.45, 7) is 17.2. The number of thiazole rings is 4. The van der Waals surface area contributed by atoms with Gasteiger partial charge in [0.1, 0.15) is 149 Å². The van der Waals surface area contributed by atoms with Crippen molar-refractivity contribution in [2.45, 2.75) is 220 Å². The predicted molar refractivity (Wildman–Crippen MR) is 442 cm³/mol. The van der Waals surface area contributed by atoms with Gasteiger partial charge in [0, 0.05) is 38.6 Å². The number of aliphatic hydroxyl groups excluding tert-OH is 8. The van der Waals surface area contributed by atoms with Crippen LogP contribution in [-0.2, 0) is 48.6 Å². The Bertz CT molecular complexity index is 4970. The number of pyridine rings is 1. The molecule has 5 aromatic rings. The van der Waals surface area contributed by atoms with Crippen LogP contribution in [0.4, 0.5) is 0 Å². The number of carbonyl (C=O) groups excluding carboxylic acids is 11. The minimum Gasteiger partial charge on any atom is -0.455 e. The second-order valence-corrected chi connectivity index (χ2v) is 35.7. The molecule has 0 radical (unpaired) electrons. The van der Waals surface area contributed by atoms with Gasteiger partial charge >= 0.3 is 5.97 Å². The van der Waals surface area contributed by atoms with Gasteiger partial charge in [-0.25, -0.2) is 29.7 Å². The minimum absolute atomic E-state index is 0.0261. The molecule has 5 aromatic heterocycles. The van der Waals surface area contributed by atoms with Crippen LogP contribution in [0.25, 0.3) is 6.08 Å². The van der Waals surface area contributed by atoms with E-state index in [2.05, 4.69) is 79.7 Å². The highest BCUT2D eigenvalue weighted by Crippen LogP contribution is 2.48. The lowest BCUT2D eigenvalue weighted by molar-refractivity contribution is -0.205. The SMILES string of the molecule is C=C1NC(=O)[C@H](C)NC(=O)[C@H]([C@@H](C)CC)NC2C=Cc3c([C@H](C)O)cc(nc3[C@H]2O)C(=O)O[C@H](C)[C@@H]2NC(=O)c3csc(n3)[C@H]([C@](C)(O)[C@@H](C)O)NC(=O)[C@@H]3CSC(=N3)/C(=C/C)NC(=O)[C@H]([C@@H](C)O)NC(=O)c3csc(n3)C3(CCC(c4nc(C(=O)NC(CSC5OC(CO)C(O)C(O)C5O)C(N)=O)cs4)=N[C@@H]3c3csc2n3)NC(=O)[C@H](C)NC1=O. The van der Waals surface area contributed by atoms with Crippen molar-refractivity contribution < 1.29 is 108 Å². The minimum atomic E-state index is -2.22. The molecule has 10 amide bonds. The number of aliphatic imine (C=N–C) groups is 2. The van der Waals surface area contributed by atoms with Crippen molar-refractivity contribution in [3.8, 4) is 0 Å². The molecule has 0 aromatic carbocycles. The number of allylic oxidation sites excluding steroid dienone is 1. The van der Waals surface area contributed by atoms with E-state index in [0.717, 1.165) is 68.9 Å². The Balaban J connectivity index is 1.08. The number of nitrogens with zero attached hydrogens (tertiary/aromatic N) is 7. The van der Waals surface area contributed by atoms with Crippen molar-refractivity contribution in [1.82, 2.24) is 78.1 Å². The first-order valence-corrected chi connectivity index (χ1v) is 43.8. The number of rotatable bonds is 14. The van der Waals surface area contributed by atoms with Gasteiger partial charge in [0.05, 0.1) is 65.5 Å². The van der Waals surface area contributed by atoms with E-state index in [1.807, 2.05) is 0 Å². The van der Waals surface area contributed by atoms with Crippen LogP contribution in [0.5, 0.6) is 0 Å². The molecule has 121 heavy (non-hydrogen) atoms. The second-order valence-electron chi connectivity index (χ2n) is 30.0. The van der Waals surface area contributed by atoms with Gasteiger partial charge in [0.2, 0.25) is 35.4 Å². The number of ether oxygens (including phenoxy) is 2. The molecule has 8 unspecified atom stereocenters. The quantitative estimate of drug-likeness (QED) is 0.0446. The van der Waals surface area contributed by atoms with E-state index in [1.165, 1.54) is 94.3 Å². The van der Waals surface area contributed by atoms with Crippen LogP contribution in [-0.4, -0.2) is 261 Å². The number of hydrogen-bond acceptors (Lipinski definition) is 36. The molecule has 5 aliphatic heterocycles. The van der Waals surface area contributed by atoms with E-state index in [0.29, 0.717) is 6.42 Å². The molecule has 40 nitrogen and oxygen atoms in total. The monoisotopic (exact) mass is 1790 g/mol. The largest absolute Gasteiger partial charge is 0.455 e. The molecule has 1 saturated heterocycles. The molecule has 21 N–H and O–H groups in total. The summed E-state index contributed by atoms with van der Waals surface area (Å²) in [5.41, 5.74) is -1.75. The Morgan fingerprint density at radius 3 is 2.15 bits per heavy atom. The normalized spacial score (nSPS) is 30.3. The second kappa shape index (κ2) is 38.6. The number of fused-ring (bicyclic) bond motifs is 7. The van der Waals surface area contributed by atoms with Crippen LogP contribution >= 0.6 is 68.9 Å². The average molecular weight is 1790 g/mol. The maximum Gasteiger partial charge on any atom is 0.357 e. The van der Waals surface area contributed by atoms with E-state index >= 15 is 14.4 Å². The van der Waals surface area contributed by atoms with Crippen LogP contribution < -0.4 is 58.9 Å². The Morgan fingerprint density at radius 1 is 0.777 bits per heavy atom. The molecule has 0 saturated carbocycles. The maximum atomic E-state index is 15.5. The van der Waals surface area contributed by atoms with E-state index in [-0.39, 0.29) is 94.7 Å². The number of nitrogens with one attached hydrogen (secondary N) is 10. The molecule has 1 fully saturated rings. The van der Waals surface area contributed by atoms with Crippen LogP contribution in [0.15, 0.2) is 67.7 Å². The molecule has 23 atom stereocenters. The van der Waals surface area contributed by atoms with Gasteiger partial charge in [-0.05, 0) is 85.8 Å². The van der Waals surface area contributed by atoms with Gasteiger partial charge in [0.25, 0.3) is 23.6 Å². The number of thioether (sulfide) groups is 2. The molecule has 652 valence electrons. The van der Waals surface area contributed by atoms with Crippen molar-refractivity contribution in [2.24, 2.45) is 21.6 Å². The number of nitrogens with two attached hydrogens (primary N) is 1. The highest BCUT2D eigenvalue weighted by molar-refractivity contribution is 8.14. The zero-order chi connectivity index (χ0) is 88.3. The number of hydrogen-bond donors (Lipinski definition) is 20. The van der Waals surface area contributed by atoms with E-state index in [4.69, 9.17) is 30.2 Å². The lowest BCUT2D eigenvalue weighted by Gasteiger charge is -2.41. The van der Waals surface area contributed by atoms with E-state index in [9.17, 15) is 84.3 Å². The van der Waals surface area contributed by atoms with Gasteiger partial charge in [-0.2, -0.15) is 0 Å². The third kappa shape index (κ3) is 20.1. The third-order valence-corrected chi connectivity index (χ3v) is 27.4. The van der Waals surface area contributed by atoms with Gasteiger partial charge in [-0.3, -0.25) is 63.2 Å². The summed E-state index contributed by atoms with van der Waals surface area (Å²) in [7, 11) is 0. The third-order valence-electron chi connectivity index (χ3n) is 21.3. The van der Waals surface area contributed by atoms with Crippen molar-refractivity contribution in [3.63, 3.8) is 0 Å². The molecule has 46 heteroatoms. The smallest absolute Gasteiger partial charge is 0.357 e. The van der Waals surface area contributed by atoms with Crippen LogP contribution in [0.2, 0.25) is 0 Å². The van der Waals surface area contributed by atoms with Crippen molar-refractivity contribution in [2.75, 3.05) is 18.1 Å². The summed E-state index contributed by atoms with van der Waals surface area (Å²) < 4.78 is 11.9. The Kier molecular flexibility index (Phi) is 29.5. The molecule has 0 spiro atoms. The zero-order valence-corrected chi connectivity index (χ0v) is 71.6.